The normalized spacial score (nSPS) is 20.5. The average Bonchev–Trinajstić information content (AvgIpc) is 3.29. The van der Waals surface area contributed by atoms with Crippen LogP contribution in [0.3, 0.4) is 0 Å². The first-order chi connectivity index (χ1) is 30.2. The van der Waals surface area contributed by atoms with Crippen molar-refractivity contribution in [2.75, 3.05) is 13.7 Å². The van der Waals surface area contributed by atoms with Gasteiger partial charge >= 0.3 is 23.9 Å². The van der Waals surface area contributed by atoms with Crippen LogP contribution in [0.5, 0.6) is 5.75 Å². The highest BCUT2D eigenvalue weighted by Crippen LogP contribution is 2.33. The average molecular weight is 825 g/mol. The van der Waals surface area contributed by atoms with Crippen LogP contribution in [0.25, 0.3) is 10.4 Å². The summed E-state index contributed by atoms with van der Waals surface area (Å²) in [5.74, 6) is -3.02. The number of esters is 4. The zero-order valence-corrected chi connectivity index (χ0v) is 34.5. The second-order valence-electron chi connectivity index (χ2n) is 14.4. The van der Waals surface area contributed by atoms with Crippen molar-refractivity contribution in [1.29, 1.82) is 0 Å². The number of benzene rings is 2. The van der Waals surface area contributed by atoms with Crippen LogP contribution in [-0.4, -0.2) is 80.3 Å². The first kappa shape index (κ1) is 43.7. The summed E-state index contributed by atoms with van der Waals surface area (Å²) in [6.07, 6.45) is 9.13. The minimum atomic E-state index is -1.51. The number of hydrogen-bond donors (Lipinski definition) is 0. The number of nitrogens with zero attached hydrogens (tertiary/aromatic N) is 3. The Labute approximate surface area is 353 Å². The lowest BCUT2D eigenvalue weighted by Gasteiger charge is -2.45. The minimum Gasteiger partial charge on any atom is -0.497 e. The van der Waals surface area contributed by atoms with Crippen molar-refractivity contribution in [1.82, 2.24) is 0 Å². The van der Waals surface area contributed by atoms with E-state index in [4.69, 9.17) is 37.3 Å². The number of methoxy groups -OCH3 is 1. The molecule has 324 valence electrons. The van der Waals surface area contributed by atoms with Gasteiger partial charge in [0.2, 0.25) is 0 Å². The van der Waals surface area contributed by atoms with E-state index in [1.807, 2.05) is 6.08 Å². The second kappa shape index (κ2) is 27.7. The third-order valence-electron chi connectivity index (χ3n) is 9.88. The Morgan fingerprint density at radius 3 is 2.05 bits per heavy atom. The third-order valence-corrected chi connectivity index (χ3v) is 9.88. The van der Waals surface area contributed by atoms with Gasteiger partial charge in [-0.3, -0.25) is 14.4 Å². The fraction of sp³-hybridized carbons (Fsp3) is 0.600. The van der Waals surface area contributed by atoms with Crippen molar-refractivity contribution < 1.29 is 56.4 Å². The first-order valence-electron chi connectivity index (χ1n) is 22.6. The number of azide groups is 1. The molecule has 7 atom stereocenters. The van der Waals surface area contributed by atoms with Crippen LogP contribution < -0.4 is 4.74 Å². The first-order valence-corrected chi connectivity index (χ1v) is 20.5. The Hall–Kier alpha value is -4.91. The Morgan fingerprint density at radius 1 is 0.814 bits per heavy atom. The van der Waals surface area contributed by atoms with Gasteiger partial charge in [-0.2, -0.15) is 0 Å². The van der Waals surface area contributed by atoms with Crippen molar-refractivity contribution in [3.8, 4) is 5.75 Å². The van der Waals surface area contributed by atoms with Crippen LogP contribution >= 0.6 is 0 Å². The summed E-state index contributed by atoms with van der Waals surface area (Å²) in [6.45, 7) is -0.796. The molecule has 0 bridgehead atoms. The summed E-state index contributed by atoms with van der Waals surface area (Å²) in [7, 11) is 1.52. The molecule has 14 heteroatoms. The smallest absolute Gasteiger partial charge is 0.338 e. The molecule has 1 heterocycles. The molecule has 3 rings (SSSR count). The number of unbranched alkanes of at least 4 members (excludes halogenated alkanes) is 11. The maximum atomic E-state index is 13.5. The van der Waals surface area contributed by atoms with Gasteiger partial charge in [0.25, 0.3) is 0 Å². The number of hydrogen-bond acceptors (Lipinski definition) is 12. The number of rotatable bonds is 27. The van der Waals surface area contributed by atoms with E-state index in [-0.39, 0.29) is 18.6 Å². The van der Waals surface area contributed by atoms with Crippen molar-refractivity contribution in [3.63, 3.8) is 0 Å². The number of allylic oxidation sites excluding steroid dienone is 1. The fourth-order valence-electron chi connectivity index (χ4n) is 6.91. The minimum absolute atomic E-state index is 0.0987. The second-order valence-corrected chi connectivity index (χ2v) is 14.4. The highest BCUT2D eigenvalue weighted by molar-refractivity contribution is 5.89. The molecule has 14 nitrogen and oxygen atoms in total. The molecule has 0 spiro atoms. The van der Waals surface area contributed by atoms with Crippen LogP contribution in [-0.2, 0) is 49.4 Å². The summed E-state index contributed by atoms with van der Waals surface area (Å²) in [5, 5.41) is 4.06. The highest BCUT2D eigenvalue weighted by atomic mass is 16.6. The molecule has 1 aliphatic heterocycles. The summed E-state index contributed by atoms with van der Waals surface area (Å²) in [4.78, 5) is 54.3. The SMILES string of the molecule is [2H]CC(=O)OC[C@H]1OC(C[C@H](N=[N+]=[N-])[C@@H](/C=C/CCCCCCCCCCCCC)OC(=O)c2ccccc2)[C@H](OCc2ccc(OC)cc2)[C@@H](OC(=O)C[2H])[C@H]1OC(=O)C[2H]. The van der Waals surface area contributed by atoms with Crippen LogP contribution in [0.1, 0.15) is 131 Å². The van der Waals surface area contributed by atoms with E-state index < -0.39 is 93.8 Å². The van der Waals surface area contributed by atoms with Gasteiger partial charge in [-0.05, 0) is 60.7 Å². The predicted molar refractivity (Wildman–Crippen MR) is 221 cm³/mol. The van der Waals surface area contributed by atoms with Gasteiger partial charge in [0.05, 0.1) is 31.4 Å². The molecule has 0 radical (unpaired) electrons. The molecule has 0 aromatic heterocycles. The van der Waals surface area contributed by atoms with E-state index in [1.165, 1.54) is 58.5 Å². The van der Waals surface area contributed by atoms with E-state index in [0.717, 1.165) is 19.3 Å². The van der Waals surface area contributed by atoms with Gasteiger partial charge in [0.15, 0.2) is 12.2 Å². The lowest BCUT2D eigenvalue weighted by Crippen LogP contribution is -2.62. The molecule has 1 saturated heterocycles. The summed E-state index contributed by atoms with van der Waals surface area (Å²) in [5.41, 5.74) is 10.8. The lowest BCUT2D eigenvalue weighted by atomic mass is 9.89. The topological polar surface area (TPSA) is 182 Å². The molecule has 1 aliphatic rings. The largest absolute Gasteiger partial charge is 0.497 e. The van der Waals surface area contributed by atoms with E-state index in [9.17, 15) is 24.7 Å². The highest BCUT2D eigenvalue weighted by Gasteiger charge is 2.51. The standard InChI is InChI=1S/C45H63N3O11/c1-6-7-8-9-10-11-12-13-14-15-16-17-21-24-39(59-45(52)36-22-19-18-20-23-36)38(47-48-46)29-40-42(55-30-35-25-27-37(53-5)28-26-35)44(57-34(4)51)43(56-33(3)50)41(58-40)31-54-32(2)49/h18-28,38-44H,6-17,29-31H2,1-5H3/b24-21+/t38-,39+,40?,41+,42-,43-,44+/m0/s1/i2D,3D,4D. The summed E-state index contributed by atoms with van der Waals surface area (Å²) < 4.78 is 63.4. The number of ether oxygens (including phenoxy) is 7. The monoisotopic (exact) mass is 824 g/mol. The van der Waals surface area contributed by atoms with Gasteiger partial charge in [-0.15, -0.1) is 0 Å². The number of carbonyl (C=O) groups is 4. The van der Waals surface area contributed by atoms with Crippen LogP contribution in [0.4, 0.5) is 0 Å². The lowest BCUT2D eigenvalue weighted by molar-refractivity contribution is -0.259. The van der Waals surface area contributed by atoms with Gasteiger partial charge in [-0.1, -0.05) is 113 Å². The van der Waals surface area contributed by atoms with E-state index in [2.05, 4.69) is 16.9 Å². The Morgan fingerprint density at radius 2 is 1.44 bits per heavy atom. The zero-order valence-electron chi connectivity index (χ0n) is 37.5. The molecule has 1 fully saturated rings. The Balaban J connectivity index is 1.96. The maximum Gasteiger partial charge on any atom is 0.338 e. The molecule has 0 N–H and O–H groups in total. The van der Waals surface area contributed by atoms with Crippen molar-refractivity contribution in [2.45, 2.75) is 160 Å². The van der Waals surface area contributed by atoms with Crippen molar-refractivity contribution >= 4 is 23.9 Å². The van der Waals surface area contributed by atoms with Crippen LogP contribution in [0, 0.1) is 0 Å². The maximum absolute atomic E-state index is 13.5. The van der Waals surface area contributed by atoms with Gasteiger partial charge < -0.3 is 33.2 Å². The Kier molecular flexibility index (Phi) is 20.5. The van der Waals surface area contributed by atoms with Crippen LogP contribution in [0.2, 0.25) is 0 Å². The van der Waals surface area contributed by atoms with Crippen molar-refractivity contribution in [2.24, 2.45) is 5.11 Å². The van der Waals surface area contributed by atoms with Gasteiger partial charge in [-0.25, -0.2) is 4.79 Å². The Bertz CT molecular complexity index is 1700. The van der Waals surface area contributed by atoms with Crippen molar-refractivity contribution in [3.05, 3.63) is 88.3 Å². The van der Waals surface area contributed by atoms with Gasteiger partial charge in [0, 0.05) is 29.7 Å². The summed E-state index contributed by atoms with van der Waals surface area (Å²) >= 11 is 0. The molecular weight excluding hydrogens is 759 g/mol. The molecular formula is C45H63N3O11. The number of carbonyl (C=O) groups excluding carboxylic acids is 4. The molecule has 0 amide bonds. The molecule has 2 aromatic rings. The summed E-state index contributed by atoms with van der Waals surface area (Å²) in [6, 6.07) is 14.1. The fourth-order valence-corrected chi connectivity index (χ4v) is 6.91. The molecule has 1 unspecified atom stereocenters. The van der Waals surface area contributed by atoms with E-state index >= 15 is 0 Å². The molecule has 0 saturated carbocycles. The van der Waals surface area contributed by atoms with E-state index in [0.29, 0.717) is 17.7 Å². The van der Waals surface area contributed by atoms with Crippen LogP contribution in [0.15, 0.2) is 71.9 Å². The van der Waals surface area contributed by atoms with E-state index in [1.54, 1.807) is 60.7 Å². The predicted octanol–water partition coefficient (Wildman–Crippen LogP) is 9.33. The molecule has 0 aliphatic carbocycles. The molecule has 2 aromatic carbocycles. The molecule has 59 heavy (non-hydrogen) atoms. The zero-order chi connectivity index (χ0) is 45.0. The van der Waals surface area contributed by atoms with Gasteiger partial charge in [0.1, 0.15) is 30.7 Å². The third kappa shape index (κ3) is 18.3. The quantitative estimate of drug-likeness (QED) is 0.0159.